The van der Waals surface area contributed by atoms with E-state index in [1.54, 1.807) is 6.07 Å². The van der Waals surface area contributed by atoms with Crippen molar-refractivity contribution >= 4 is 11.8 Å². The number of benzene rings is 1. The Morgan fingerprint density at radius 1 is 1.15 bits per heavy atom. The SMILES string of the molecule is O=C(NCC(=O)N1CCCC1c1ccc2c(c1)OCCO2)c1ccoc1. The first-order valence-electron chi connectivity index (χ1n) is 8.72. The summed E-state index contributed by atoms with van der Waals surface area (Å²) in [6, 6.07) is 7.38. The van der Waals surface area contributed by atoms with Gasteiger partial charge in [-0.25, -0.2) is 0 Å². The molecule has 0 radical (unpaired) electrons. The molecule has 2 aliphatic heterocycles. The second-order valence-electron chi connectivity index (χ2n) is 6.34. The number of furan rings is 1. The number of hydrogen-bond acceptors (Lipinski definition) is 5. The Morgan fingerprint density at radius 2 is 2.00 bits per heavy atom. The zero-order chi connectivity index (χ0) is 17.9. The number of likely N-dealkylation sites (tertiary alicyclic amines) is 1. The molecule has 1 aromatic heterocycles. The van der Waals surface area contributed by atoms with Crippen LogP contribution in [0.1, 0.15) is 34.8 Å². The molecular weight excluding hydrogens is 336 g/mol. The van der Waals surface area contributed by atoms with Gasteiger partial charge in [-0.05, 0) is 36.6 Å². The van der Waals surface area contributed by atoms with Crippen LogP contribution in [-0.4, -0.2) is 43.0 Å². The fraction of sp³-hybridized carbons (Fsp3) is 0.368. The van der Waals surface area contributed by atoms with Crippen molar-refractivity contribution in [2.45, 2.75) is 18.9 Å². The minimum absolute atomic E-state index is 0.0100. The first-order chi connectivity index (χ1) is 12.7. The van der Waals surface area contributed by atoms with Crippen molar-refractivity contribution in [1.82, 2.24) is 10.2 Å². The largest absolute Gasteiger partial charge is 0.486 e. The van der Waals surface area contributed by atoms with E-state index < -0.39 is 0 Å². The molecule has 0 saturated carbocycles. The van der Waals surface area contributed by atoms with E-state index in [-0.39, 0.29) is 24.4 Å². The lowest BCUT2D eigenvalue weighted by molar-refractivity contribution is -0.131. The molecule has 1 aromatic carbocycles. The van der Waals surface area contributed by atoms with Crippen molar-refractivity contribution in [2.24, 2.45) is 0 Å². The number of carbonyl (C=O) groups excluding carboxylic acids is 2. The average Bonchev–Trinajstić information content (AvgIpc) is 3.37. The van der Waals surface area contributed by atoms with Crippen LogP contribution in [0.4, 0.5) is 0 Å². The Morgan fingerprint density at radius 3 is 2.81 bits per heavy atom. The molecule has 7 heteroatoms. The third-order valence-electron chi connectivity index (χ3n) is 4.71. The fourth-order valence-corrected chi connectivity index (χ4v) is 3.43. The van der Waals surface area contributed by atoms with Gasteiger partial charge < -0.3 is 24.1 Å². The molecular formula is C19H20N2O5. The third-order valence-corrected chi connectivity index (χ3v) is 4.71. The maximum Gasteiger partial charge on any atom is 0.254 e. The van der Waals surface area contributed by atoms with Crippen LogP contribution in [0.25, 0.3) is 0 Å². The van der Waals surface area contributed by atoms with Crippen molar-refractivity contribution in [3.05, 3.63) is 47.9 Å². The summed E-state index contributed by atoms with van der Waals surface area (Å²) in [5, 5.41) is 2.65. The molecule has 1 atom stereocenters. The van der Waals surface area contributed by atoms with E-state index in [0.29, 0.717) is 25.3 Å². The number of hydrogen-bond donors (Lipinski definition) is 1. The predicted molar refractivity (Wildman–Crippen MR) is 92.2 cm³/mol. The molecule has 2 amide bonds. The zero-order valence-electron chi connectivity index (χ0n) is 14.3. The first kappa shape index (κ1) is 16.5. The lowest BCUT2D eigenvalue weighted by Gasteiger charge is -2.27. The summed E-state index contributed by atoms with van der Waals surface area (Å²) >= 11 is 0. The average molecular weight is 356 g/mol. The minimum Gasteiger partial charge on any atom is -0.486 e. The molecule has 0 bridgehead atoms. The van der Waals surface area contributed by atoms with Crippen LogP contribution < -0.4 is 14.8 Å². The van der Waals surface area contributed by atoms with Crippen LogP contribution in [0.2, 0.25) is 0 Å². The van der Waals surface area contributed by atoms with Gasteiger partial charge in [-0.15, -0.1) is 0 Å². The van der Waals surface area contributed by atoms with Crippen molar-refractivity contribution in [1.29, 1.82) is 0 Å². The van der Waals surface area contributed by atoms with Gasteiger partial charge in [0.15, 0.2) is 11.5 Å². The standard InChI is InChI=1S/C19H20N2O5/c22-18(11-20-19(23)14-5-7-24-12-14)21-6-1-2-15(21)13-3-4-16-17(10-13)26-9-8-25-16/h3-5,7,10,12,15H,1-2,6,8-9,11H2,(H,20,23). The van der Waals surface area contributed by atoms with Gasteiger partial charge >= 0.3 is 0 Å². The summed E-state index contributed by atoms with van der Waals surface area (Å²) in [6.07, 6.45) is 4.60. The lowest BCUT2D eigenvalue weighted by Crippen LogP contribution is -2.39. The number of fused-ring (bicyclic) bond motifs is 1. The van der Waals surface area contributed by atoms with Crippen LogP contribution >= 0.6 is 0 Å². The van der Waals surface area contributed by atoms with E-state index in [1.165, 1.54) is 12.5 Å². The Kier molecular flexibility index (Phi) is 4.51. The van der Waals surface area contributed by atoms with Crippen molar-refractivity contribution < 1.29 is 23.5 Å². The molecule has 0 spiro atoms. The molecule has 2 aromatic rings. The van der Waals surface area contributed by atoms with E-state index in [1.807, 2.05) is 23.1 Å². The molecule has 4 rings (SSSR count). The van der Waals surface area contributed by atoms with E-state index >= 15 is 0 Å². The van der Waals surface area contributed by atoms with Crippen molar-refractivity contribution in [2.75, 3.05) is 26.3 Å². The van der Waals surface area contributed by atoms with Gasteiger partial charge in [0.05, 0.1) is 24.4 Å². The summed E-state index contributed by atoms with van der Waals surface area (Å²) in [4.78, 5) is 26.4. The van der Waals surface area contributed by atoms with E-state index in [2.05, 4.69) is 5.32 Å². The smallest absolute Gasteiger partial charge is 0.254 e. The van der Waals surface area contributed by atoms with E-state index in [9.17, 15) is 9.59 Å². The second kappa shape index (κ2) is 7.11. The Bertz CT molecular complexity index is 802. The number of nitrogens with zero attached hydrogens (tertiary/aromatic N) is 1. The molecule has 1 unspecified atom stereocenters. The highest BCUT2D eigenvalue weighted by Crippen LogP contribution is 2.38. The topological polar surface area (TPSA) is 81.0 Å². The molecule has 2 aliphatic rings. The molecule has 1 N–H and O–H groups in total. The van der Waals surface area contributed by atoms with Crippen LogP contribution in [0.5, 0.6) is 11.5 Å². The molecule has 7 nitrogen and oxygen atoms in total. The third kappa shape index (κ3) is 3.24. The van der Waals surface area contributed by atoms with Gasteiger partial charge in [0.25, 0.3) is 5.91 Å². The van der Waals surface area contributed by atoms with Gasteiger partial charge in [-0.3, -0.25) is 9.59 Å². The highest BCUT2D eigenvalue weighted by atomic mass is 16.6. The van der Waals surface area contributed by atoms with E-state index in [0.717, 1.165) is 29.9 Å². The lowest BCUT2D eigenvalue weighted by atomic mass is 10.0. The highest BCUT2D eigenvalue weighted by Gasteiger charge is 2.31. The normalized spacial score (nSPS) is 18.6. The summed E-state index contributed by atoms with van der Waals surface area (Å²) < 4.78 is 16.1. The molecule has 0 aliphatic carbocycles. The van der Waals surface area contributed by atoms with Crippen LogP contribution in [0.3, 0.4) is 0 Å². The summed E-state index contributed by atoms with van der Waals surface area (Å²) in [5.41, 5.74) is 1.43. The second-order valence-corrected chi connectivity index (χ2v) is 6.34. The summed E-state index contributed by atoms with van der Waals surface area (Å²) in [7, 11) is 0. The number of ether oxygens (including phenoxy) is 2. The zero-order valence-corrected chi connectivity index (χ0v) is 14.3. The number of nitrogens with one attached hydrogen (secondary N) is 1. The highest BCUT2D eigenvalue weighted by molar-refractivity contribution is 5.96. The Hall–Kier alpha value is -2.96. The molecule has 1 saturated heterocycles. The van der Waals surface area contributed by atoms with Gasteiger partial charge in [0.2, 0.25) is 5.91 Å². The number of amides is 2. The molecule has 136 valence electrons. The van der Waals surface area contributed by atoms with Gasteiger partial charge in [0, 0.05) is 6.54 Å². The molecule has 3 heterocycles. The molecule has 1 fully saturated rings. The van der Waals surface area contributed by atoms with Crippen LogP contribution in [0, 0.1) is 0 Å². The quantitative estimate of drug-likeness (QED) is 0.908. The maximum atomic E-state index is 12.6. The van der Waals surface area contributed by atoms with Crippen LogP contribution in [0.15, 0.2) is 41.2 Å². The monoisotopic (exact) mass is 356 g/mol. The van der Waals surface area contributed by atoms with Crippen molar-refractivity contribution in [3.63, 3.8) is 0 Å². The maximum absolute atomic E-state index is 12.6. The van der Waals surface area contributed by atoms with Gasteiger partial charge in [0.1, 0.15) is 19.5 Å². The summed E-state index contributed by atoms with van der Waals surface area (Å²) in [5.74, 6) is 1.05. The van der Waals surface area contributed by atoms with Gasteiger partial charge in [-0.2, -0.15) is 0 Å². The molecule has 26 heavy (non-hydrogen) atoms. The Balaban J connectivity index is 1.43. The predicted octanol–water partition coefficient (Wildman–Crippen LogP) is 2.14. The number of rotatable bonds is 4. The fourth-order valence-electron chi connectivity index (χ4n) is 3.43. The summed E-state index contributed by atoms with van der Waals surface area (Å²) in [6.45, 7) is 1.73. The van der Waals surface area contributed by atoms with Crippen LogP contribution in [-0.2, 0) is 4.79 Å². The first-order valence-corrected chi connectivity index (χ1v) is 8.72. The minimum atomic E-state index is -0.317. The Labute approximate surface area is 150 Å². The number of carbonyl (C=O) groups is 2. The van der Waals surface area contributed by atoms with Crippen molar-refractivity contribution in [3.8, 4) is 11.5 Å². The van der Waals surface area contributed by atoms with Gasteiger partial charge in [-0.1, -0.05) is 6.07 Å². The van der Waals surface area contributed by atoms with E-state index in [4.69, 9.17) is 13.9 Å².